The van der Waals surface area contributed by atoms with Gasteiger partial charge in [0.2, 0.25) is 11.8 Å². The second-order valence-electron chi connectivity index (χ2n) is 5.32. The maximum atomic E-state index is 12.9. The summed E-state index contributed by atoms with van der Waals surface area (Å²) in [6.07, 6.45) is 0.0768. The largest absolute Gasteiger partial charge is 0.350 e. The smallest absolute Gasteiger partial charge is 0.277 e. The Balaban J connectivity index is 2.41. The van der Waals surface area contributed by atoms with Gasteiger partial charge in [-0.1, -0.05) is 0 Å². The summed E-state index contributed by atoms with van der Waals surface area (Å²) in [4.78, 5) is 27.0. The fourth-order valence-electron chi connectivity index (χ4n) is 1.92. The Morgan fingerprint density at radius 3 is 2.75 bits per heavy atom. The molecular weight excluding hydrogens is 270 g/mol. The van der Waals surface area contributed by atoms with Gasteiger partial charge in [-0.15, -0.1) is 0 Å². The van der Waals surface area contributed by atoms with Crippen molar-refractivity contribution in [3.63, 3.8) is 0 Å². The van der Waals surface area contributed by atoms with E-state index in [-0.39, 0.29) is 18.9 Å². The van der Waals surface area contributed by atoms with Crippen LogP contribution in [0.15, 0.2) is 0 Å². The number of rotatable bonds is 7. The van der Waals surface area contributed by atoms with Crippen molar-refractivity contribution in [3.05, 3.63) is 0 Å². The number of nitrogens with one attached hydrogen (secondary N) is 1. The molecule has 1 fully saturated rings. The third-order valence-corrected chi connectivity index (χ3v) is 3.22. The molecule has 1 heterocycles. The van der Waals surface area contributed by atoms with Gasteiger partial charge in [-0.05, 0) is 14.1 Å². The van der Waals surface area contributed by atoms with Crippen molar-refractivity contribution in [1.82, 2.24) is 15.1 Å². The van der Waals surface area contributed by atoms with Crippen LogP contribution in [-0.4, -0.2) is 74.4 Å². The van der Waals surface area contributed by atoms with Crippen molar-refractivity contribution in [2.75, 3.05) is 46.8 Å². The minimum atomic E-state index is -3.11. The van der Waals surface area contributed by atoms with E-state index in [4.69, 9.17) is 5.73 Å². The van der Waals surface area contributed by atoms with E-state index in [1.54, 1.807) is 4.90 Å². The summed E-state index contributed by atoms with van der Waals surface area (Å²) in [6.45, 7) is -0.0802. The monoisotopic (exact) mass is 292 g/mol. The van der Waals surface area contributed by atoms with Crippen molar-refractivity contribution in [1.29, 1.82) is 0 Å². The predicted molar refractivity (Wildman–Crippen MR) is 70.3 cm³/mol. The van der Waals surface area contributed by atoms with Crippen LogP contribution in [0.3, 0.4) is 0 Å². The van der Waals surface area contributed by atoms with Gasteiger partial charge >= 0.3 is 0 Å². The molecule has 8 heteroatoms. The highest BCUT2D eigenvalue weighted by Gasteiger charge is 2.35. The molecule has 116 valence electrons. The number of halogens is 2. The molecule has 1 saturated heterocycles. The summed E-state index contributed by atoms with van der Waals surface area (Å²) in [5, 5.41) is 2.16. The molecule has 0 saturated carbocycles. The van der Waals surface area contributed by atoms with Crippen molar-refractivity contribution in [2.24, 2.45) is 11.7 Å². The van der Waals surface area contributed by atoms with E-state index < -0.39 is 30.8 Å². The fourth-order valence-corrected chi connectivity index (χ4v) is 1.92. The zero-order valence-electron chi connectivity index (χ0n) is 11.9. The van der Waals surface area contributed by atoms with Crippen LogP contribution >= 0.6 is 0 Å². The zero-order chi connectivity index (χ0) is 15.3. The molecule has 1 unspecified atom stereocenters. The normalized spacial score (nSPS) is 19.8. The Morgan fingerprint density at radius 2 is 2.20 bits per heavy atom. The number of alkyl halides is 2. The molecule has 20 heavy (non-hydrogen) atoms. The second kappa shape index (κ2) is 6.94. The van der Waals surface area contributed by atoms with E-state index in [1.165, 1.54) is 0 Å². The van der Waals surface area contributed by atoms with E-state index in [2.05, 4.69) is 5.32 Å². The minimum Gasteiger partial charge on any atom is -0.350 e. The summed E-state index contributed by atoms with van der Waals surface area (Å²) in [6, 6.07) is 0. The topological polar surface area (TPSA) is 78.7 Å². The molecule has 0 bridgehead atoms. The SMILES string of the molecule is CN(C)CCN1CC(C(=O)NCC(F)(F)CN)CC1=O. The van der Waals surface area contributed by atoms with E-state index in [9.17, 15) is 18.4 Å². The number of hydrogen-bond acceptors (Lipinski definition) is 4. The summed E-state index contributed by atoms with van der Waals surface area (Å²) in [5.41, 5.74) is 4.89. The van der Waals surface area contributed by atoms with Crippen LogP contribution in [0.25, 0.3) is 0 Å². The molecule has 1 aliphatic rings. The van der Waals surface area contributed by atoms with Crippen LogP contribution in [0.5, 0.6) is 0 Å². The van der Waals surface area contributed by atoms with E-state index in [0.717, 1.165) is 0 Å². The lowest BCUT2D eigenvalue weighted by Crippen LogP contribution is -2.44. The Kier molecular flexibility index (Phi) is 5.82. The van der Waals surface area contributed by atoms with Crippen LogP contribution in [-0.2, 0) is 9.59 Å². The van der Waals surface area contributed by atoms with Gasteiger partial charge in [0.25, 0.3) is 5.92 Å². The van der Waals surface area contributed by atoms with Crippen molar-refractivity contribution >= 4 is 11.8 Å². The predicted octanol–water partition coefficient (Wildman–Crippen LogP) is -0.893. The number of likely N-dealkylation sites (N-methyl/N-ethyl adjacent to an activating group) is 1. The zero-order valence-corrected chi connectivity index (χ0v) is 11.9. The highest BCUT2D eigenvalue weighted by Crippen LogP contribution is 2.18. The van der Waals surface area contributed by atoms with Crippen molar-refractivity contribution < 1.29 is 18.4 Å². The highest BCUT2D eigenvalue weighted by molar-refractivity contribution is 5.89. The Hall–Kier alpha value is -1.28. The van der Waals surface area contributed by atoms with Gasteiger partial charge in [0.1, 0.15) is 0 Å². The molecule has 1 rings (SSSR count). The maximum absolute atomic E-state index is 12.9. The molecular formula is C12H22F2N4O2. The molecule has 0 radical (unpaired) electrons. The van der Waals surface area contributed by atoms with Crippen molar-refractivity contribution in [3.8, 4) is 0 Å². The Morgan fingerprint density at radius 1 is 1.55 bits per heavy atom. The van der Waals surface area contributed by atoms with Crippen LogP contribution in [0.4, 0.5) is 8.78 Å². The Labute approximate surface area is 117 Å². The molecule has 0 spiro atoms. The van der Waals surface area contributed by atoms with Gasteiger partial charge < -0.3 is 20.9 Å². The summed E-state index contributed by atoms with van der Waals surface area (Å²) < 4.78 is 25.9. The molecule has 0 aromatic heterocycles. The molecule has 1 aliphatic heterocycles. The molecule has 0 aliphatic carbocycles. The van der Waals surface area contributed by atoms with Crippen LogP contribution in [0.1, 0.15) is 6.42 Å². The first-order valence-corrected chi connectivity index (χ1v) is 6.53. The lowest BCUT2D eigenvalue weighted by atomic mass is 10.1. The number of nitrogens with zero attached hydrogens (tertiary/aromatic N) is 2. The number of carbonyl (C=O) groups excluding carboxylic acids is 2. The van der Waals surface area contributed by atoms with Crippen LogP contribution < -0.4 is 11.1 Å². The first-order valence-electron chi connectivity index (χ1n) is 6.53. The minimum absolute atomic E-state index is 0.0768. The fraction of sp³-hybridized carbons (Fsp3) is 0.833. The van der Waals surface area contributed by atoms with E-state index in [1.807, 2.05) is 19.0 Å². The standard InChI is InChI=1S/C12H22F2N4O2/c1-17(2)3-4-18-6-9(5-10(18)19)11(20)16-8-12(13,14)7-15/h9H,3-8,15H2,1-2H3,(H,16,20). The molecule has 1 atom stereocenters. The van der Waals surface area contributed by atoms with Gasteiger partial charge in [0.05, 0.1) is 19.0 Å². The van der Waals surface area contributed by atoms with Crippen molar-refractivity contribution in [2.45, 2.75) is 12.3 Å². The average Bonchev–Trinajstić information content (AvgIpc) is 2.75. The molecule has 3 N–H and O–H groups in total. The Bertz CT molecular complexity index is 363. The first kappa shape index (κ1) is 16.8. The van der Waals surface area contributed by atoms with Gasteiger partial charge in [-0.2, -0.15) is 0 Å². The van der Waals surface area contributed by atoms with Gasteiger partial charge in [-0.25, -0.2) is 8.78 Å². The summed E-state index contributed by atoms with van der Waals surface area (Å²) in [5.74, 6) is -4.29. The molecule has 6 nitrogen and oxygen atoms in total. The maximum Gasteiger partial charge on any atom is 0.277 e. The van der Waals surface area contributed by atoms with Gasteiger partial charge in [0.15, 0.2) is 0 Å². The number of amides is 2. The lowest BCUT2D eigenvalue weighted by Gasteiger charge is -2.19. The third kappa shape index (κ3) is 5.01. The summed E-state index contributed by atoms with van der Waals surface area (Å²) >= 11 is 0. The number of carbonyl (C=O) groups is 2. The van der Waals surface area contributed by atoms with Crippen LogP contribution in [0, 0.1) is 5.92 Å². The van der Waals surface area contributed by atoms with E-state index >= 15 is 0 Å². The highest BCUT2D eigenvalue weighted by atomic mass is 19.3. The van der Waals surface area contributed by atoms with E-state index in [0.29, 0.717) is 13.1 Å². The molecule has 0 aromatic rings. The number of likely N-dealkylation sites (tertiary alicyclic amines) is 1. The quantitative estimate of drug-likeness (QED) is 0.638. The lowest BCUT2D eigenvalue weighted by molar-refractivity contribution is -0.129. The molecule has 2 amide bonds. The third-order valence-electron chi connectivity index (χ3n) is 3.22. The number of hydrogen-bond donors (Lipinski definition) is 2. The summed E-state index contributed by atoms with van der Waals surface area (Å²) in [7, 11) is 3.78. The van der Waals surface area contributed by atoms with Gasteiger partial charge in [0, 0.05) is 26.1 Å². The van der Waals surface area contributed by atoms with Crippen LogP contribution in [0.2, 0.25) is 0 Å². The number of nitrogens with two attached hydrogens (primary N) is 1. The molecule has 0 aromatic carbocycles. The second-order valence-corrected chi connectivity index (χ2v) is 5.32. The average molecular weight is 292 g/mol. The first-order chi connectivity index (χ1) is 9.25. The van der Waals surface area contributed by atoms with Gasteiger partial charge in [-0.3, -0.25) is 9.59 Å².